The van der Waals surface area contributed by atoms with Gasteiger partial charge in [0.25, 0.3) is 0 Å². The molecule has 104 valence electrons. The van der Waals surface area contributed by atoms with E-state index in [4.69, 9.17) is 5.73 Å². The zero-order valence-electron chi connectivity index (χ0n) is 9.68. The highest BCUT2D eigenvalue weighted by atomic mass is 79.9. The normalized spacial score (nSPS) is 10.7. The smallest absolute Gasteiger partial charge is 0.197 e. The van der Waals surface area contributed by atoms with Crippen LogP contribution in [0.3, 0.4) is 0 Å². The number of carbonyl (C=O) groups is 1. The Morgan fingerprint density at radius 2 is 1.45 bits per heavy atom. The molecule has 0 aliphatic heterocycles. The monoisotopic (exact) mass is 347 g/mol. The predicted octanol–water partition coefficient (Wildman–Crippen LogP) is 3.82. The summed E-state index contributed by atoms with van der Waals surface area (Å²) >= 11 is 2.93. The maximum absolute atomic E-state index is 13.5. The molecule has 20 heavy (non-hydrogen) atoms. The van der Waals surface area contributed by atoms with E-state index in [0.29, 0.717) is 6.07 Å². The number of rotatable bonds is 2. The first-order valence-corrected chi connectivity index (χ1v) is 6.04. The Balaban J connectivity index is 2.57. The molecule has 0 bridgehead atoms. The van der Waals surface area contributed by atoms with Crippen molar-refractivity contribution in [2.75, 3.05) is 5.73 Å². The van der Waals surface area contributed by atoms with Crippen molar-refractivity contribution in [3.8, 4) is 0 Å². The number of hydrogen-bond donors (Lipinski definition) is 1. The molecule has 2 rings (SSSR count). The lowest BCUT2D eigenvalue weighted by molar-refractivity contribution is 0.103. The second kappa shape index (κ2) is 5.24. The van der Waals surface area contributed by atoms with Crippen molar-refractivity contribution < 1.29 is 22.4 Å². The first-order chi connectivity index (χ1) is 9.31. The van der Waals surface area contributed by atoms with Gasteiger partial charge in [-0.05, 0) is 34.1 Å². The largest absolute Gasteiger partial charge is 0.396 e. The number of anilines is 1. The molecule has 0 atom stereocenters. The SMILES string of the molecule is Nc1cc(C(=O)c2cc(F)c(F)cc2F)c(Br)cc1F. The number of carbonyl (C=O) groups excluding carboxylic acids is 1. The highest BCUT2D eigenvalue weighted by Gasteiger charge is 2.21. The van der Waals surface area contributed by atoms with Gasteiger partial charge in [-0.3, -0.25) is 4.79 Å². The second-order valence-electron chi connectivity index (χ2n) is 3.93. The maximum Gasteiger partial charge on any atom is 0.197 e. The summed E-state index contributed by atoms with van der Waals surface area (Å²) in [5, 5.41) is 0. The van der Waals surface area contributed by atoms with E-state index in [2.05, 4.69) is 15.9 Å². The topological polar surface area (TPSA) is 43.1 Å². The Morgan fingerprint density at radius 1 is 0.850 bits per heavy atom. The zero-order valence-corrected chi connectivity index (χ0v) is 11.3. The first-order valence-electron chi connectivity index (χ1n) is 5.25. The van der Waals surface area contributed by atoms with Crippen LogP contribution in [0, 0.1) is 23.3 Å². The molecule has 0 aromatic heterocycles. The Kier molecular flexibility index (Phi) is 3.80. The Bertz CT molecular complexity index is 659. The summed E-state index contributed by atoms with van der Waals surface area (Å²) in [6.45, 7) is 0. The summed E-state index contributed by atoms with van der Waals surface area (Å²) in [4.78, 5) is 12.1. The minimum absolute atomic E-state index is 0.0262. The van der Waals surface area contributed by atoms with Crippen molar-refractivity contribution in [2.45, 2.75) is 0 Å². The Labute approximate surface area is 119 Å². The highest BCUT2D eigenvalue weighted by Crippen LogP contribution is 2.26. The van der Waals surface area contributed by atoms with Crippen LogP contribution in [-0.4, -0.2) is 5.78 Å². The average molecular weight is 348 g/mol. The minimum Gasteiger partial charge on any atom is -0.396 e. The van der Waals surface area contributed by atoms with E-state index in [1.54, 1.807) is 0 Å². The third-order valence-electron chi connectivity index (χ3n) is 2.59. The maximum atomic E-state index is 13.5. The van der Waals surface area contributed by atoms with Crippen LogP contribution in [0.25, 0.3) is 0 Å². The van der Waals surface area contributed by atoms with Crippen molar-refractivity contribution in [3.05, 3.63) is 63.1 Å². The van der Waals surface area contributed by atoms with Crippen molar-refractivity contribution >= 4 is 27.4 Å². The van der Waals surface area contributed by atoms with Gasteiger partial charge in [0.1, 0.15) is 11.6 Å². The number of nitrogens with two attached hydrogens (primary N) is 1. The zero-order chi connectivity index (χ0) is 15.0. The van der Waals surface area contributed by atoms with Crippen molar-refractivity contribution in [1.82, 2.24) is 0 Å². The van der Waals surface area contributed by atoms with E-state index in [9.17, 15) is 22.4 Å². The van der Waals surface area contributed by atoms with Crippen LogP contribution < -0.4 is 5.73 Å². The fraction of sp³-hybridized carbons (Fsp3) is 0. The molecule has 0 aliphatic rings. The number of hydrogen-bond acceptors (Lipinski definition) is 2. The number of nitrogen functional groups attached to an aromatic ring is 1. The summed E-state index contributed by atoms with van der Waals surface area (Å²) in [7, 11) is 0. The molecule has 0 aliphatic carbocycles. The van der Waals surface area contributed by atoms with Crippen LogP contribution in [0.15, 0.2) is 28.7 Å². The summed E-state index contributed by atoms with van der Waals surface area (Å²) in [6.07, 6.45) is 0. The van der Waals surface area contributed by atoms with Crippen LogP contribution in [0.4, 0.5) is 23.2 Å². The van der Waals surface area contributed by atoms with Gasteiger partial charge in [-0.2, -0.15) is 0 Å². The van der Waals surface area contributed by atoms with Gasteiger partial charge in [0.05, 0.1) is 11.3 Å². The second-order valence-corrected chi connectivity index (χ2v) is 4.78. The van der Waals surface area contributed by atoms with Gasteiger partial charge in [0, 0.05) is 16.1 Å². The van der Waals surface area contributed by atoms with E-state index in [1.807, 2.05) is 0 Å². The van der Waals surface area contributed by atoms with Crippen LogP contribution in [0.1, 0.15) is 15.9 Å². The van der Waals surface area contributed by atoms with E-state index in [-0.39, 0.29) is 21.8 Å². The standard InChI is InChI=1S/C13H6BrF4NO/c14-7-3-11(18)12(19)2-5(7)13(20)6-1-9(16)10(17)4-8(6)15/h1-4H,19H2. The minimum atomic E-state index is -1.41. The van der Waals surface area contributed by atoms with Gasteiger partial charge in [0.15, 0.2) is 17.4 Å². The quantitative estimate of drug-likeness (QED) is 0.388. The predicted molar refractivity (Wildman–Crippen MR) is 68.3 cm³/mol. The summed E-state index contributed by atoms with van der Waals surface area (Å²) in [5.74, 6) is -5.69. The van der Waals surface area contributed by atoms with Crippen LogP contribution in [-0.2, 0) is 0 Å². The Morgan fingerprint density at radius 3 is 2.10 bits per heavy atom. The van der Waals surface area contributed by atoms with Gasteiger partial charge in [-0.25, -0.2) is 17.6 Å². The van der Waals surface area contributed by atoms with Crippen LogP contribution >= 0.6 is 15.9 Å². The third-order valence-corrected chi connectivity index (χ3v) is 3.24. The molecule has 0 saturated heterocycles. The lowest BCUT2D eigenvalue weighted by Gasteiger charge is -2.07. The molecule has 0 heterocycles. The van der Waals surface area contributed by atoms with Gasteiger partial charge in [0.2, 0.25) is 0 Å². The van der Waals surface area contributed by atoms with Crippen molar-refractivity contribution in [2.24, 2.45) is 0 Å². The van der Waals surface area contributed by atoms with Crippen molar-refractivity contribution in [1.29, 1.82) is 0 Å². The van der Waals surface area contributed by atoms with Crippen LogP contribution in [0.5, 0.6) is 0 Å². The van der Waals surface area contributed by atoms with E-state index in [0.717, 1.165) is 12.1 Å². The fourth-order valence-corrected chi connectivity index (χ4v) is 2.08. The van der Waals surface area contributed by atoms with Gasteiger partial charge in [-0.1, -0.05) is 0 Å². The number of benzene rings is 2. The van der Waals surface area contributed by atoms with E-state index < -0.39 is 34.6 Å². The van der Waals surface area contributed by atoms with Crippen molar-refractivity contribution in [3.63, 3.8) is 0 Å². The third kappa shape index (κ3) is 2.53. The lowest BCUT2D eigenvalue weighted by Crippen LogP contribution is -2.08. The molecule has 2 aromatic carbocycles. The number of ketones is 1. The van der Waals surface area contributed by atoms with E-state index in [1.165, 1.54) is 0 Å². The van der Waals surface area contributed by atoms with Gasteiger partial charge in [-0.15, -0.1) is 0 Å². The Hall–Kier alpha value is -1.89. The fourth-order valence-electron chi connectivity index (χ4n) is 1.58. The molecule has 0 radical (unpaired) electrons. The lowest BCUT2D eigenvalue weighted by atomic mass is 10.0. The molecule has 2 aromatic rings. The molecule has 0 amide bonds. The molecule has 0 fully saturated rings. The van der Waals surface area contributed by atoms with Gasteiger partial charge >= 0.3 is 0 Å². The molecule has 0 unspecified atom stereocenters. The highest BCUT2D eigenvalue weighted by molar-refractivity contribution is 9.10. The molecule has 0 saturated carbocycles. The summed E-state index contributed by atoms with van der Waals surface area (Å²) in [5.41, 5.74) is 4.17. The van der Waals surface area contributed by atoms with Crippen LogP contribution in [0.2, 0.25) is 0 Å². The summed E-state index contributed by atoms with van der Waals surface area (Å²) < 4.78 is 52.6. The molecule has 2 N–H and O–H groups in total. The summed E-state index contributed by atoms with van der Waals surface area (Å²) in [6, 6.07) is 2.63. The molecular formula is C13H6BrF4NO. The molecule has 2 nitrogen and oxygen atoms in total. The first kappa shape index (κ1) is 14.5. The van der Waals surface area contributed by atoms with E-state index >= 15 is 0 Å². The molecule has 0 spiro atoms. The van der Waals surface area contributed by atoms with Gasteiger partial charge < -0.3 is 5.73 Å². The average Bonchev–Trinajstić information content (AvgIpc) is 2.37. The molecular weight excluding hydrogens is 342 g/mol. The number of halogens is 5. The molecule has 7 heteroatoms.